The van der Waals surface area contributed by atoms with Crippen molar-refractivity contribution in [2.75, 3.05) is 13.7 Å². The van der Waals surface area contributed by atoms with E-state index in [4.69, 9.17) is 21.7 Å². The predicted molar refractivity (Wildman–Crippen MR) is 117 cm³/mol. The van der Waals surface area contributed by atoms with Crippen LogP contribution in [0.4, 0.5) is 5.69 Å². The lowest BCUT2D eigenvalue weighted by atomic mass is 10.1. The molecule has 0 aliphatic carbocycles. The van der Waals surface area contributed by atoms with E-state index < -0.39 is 10.9 Å². The largest absolute Gasteiger partial charge is 0.490 e. The van der Waals surface area contributed by atoms with Gasteiger partial charge in [-0.25, -0.2) is 4.79 Å². The number of amides is 1. The van der Waals surface area contributed by atoms with Gasteiger partial charge < -0.3 is 9.47 Å². The molecule has 0 bridgehead atoms. The van der Waals surface area contributed by atoms with E-state index in [9.17, 15) is 19.7 Å². The van der Waals surface area contributed by atoms with Crippen molar-refractivity contribution < 1.29 is 24.0 Å². The Morgan fingerprint density at radius 2 is 2.03 bits per heavy atom. The molecule has 8 nitrogen and oxygen atoms in total. The lowest BCUT2D eigenvalue weighted by Gasteiger charge is -2.11. The Morgan fingerprint density at radius 1 is 1.27 bits per heavy atom. The second kappa shape index (κ2) is 9.06. The number of carbonyl (C=O) groups excluding carboxylic acids is 2. The van der Waals surface area contributed by atoms with Crippen molar-refractivity contribution >= 4 is 51.9 Å². The number of nitrogens with zero attached hydrogens (tertiary/aromatic N) is 2. The first-order valence-electron chi connectivity index (χ1n) is 8.75. The van der Waals surface area contributed by atoms with Crippen LogP contribution in [0.15, 0.2) is 47.4 Å². The monoisotopic (exact) mass is 444 g/mol. The van der Waals surface area contributed by atoms with Crippen LogP contribution in [0.25, 0.3) is 6.08 Å². The molecule has 1 fully saturated rings. The Balaban J connectivity index is 1.86. The fraction of sp³-hybridized carbons (Fsp3) is 0.150. The minimum atomic E-state index is -0.751. The molecule has 0 atom stereocenters. The van der Waals surface area contributed by atoms with Crippen molar-refractivity contribution in [1.82, 2.24) is 4.90 Å². The van der Waals surface area contributed by atoms with Crippen molar-refractivity contribution in [3.05, 3.63) is 68.6 Å². The number of hydrogen-bond donors (Lipinski definition) is 0. The summed E-state index contributed by atoms with van der Waals surface area (Å²) in [5.74, 6) is -0.478. The molecule has 0 unspecified atom stereocenters. The van der Waals surface area contributed by atoms with E-state index >= 15 is 0 Å². The molecule has 0 spiro atoms. The molecule has 2 aromatic rings. The summed E-state index contributed by atoms with van der Waals surface area (Å²) in [6, 6.07) is 10.1. The molecule has 0 N–H and O–H groups in total. The van der Waals surface area contributed by atoms with Gasteiger partial charge in [0.05, 0.1) is 22.0 Å². The molecule has 1 heterocycles. The number of likely N-dealkylation sites (N-methyl/N-ethyl adjacent to an activating group) is 1. The van der Waals surface area contributed by atoms with Crippen LogP contribution in [-0.2, 0) is 4.79 Å². The predicted octanol–water partition coefficient (Wildman–Crippen LogP) is 4.04. The number of non-ortho nitro benzene ring substituents is 1. The molecule has 1 saturated heterocycles. The number of nitro groups is 1. The summed E-state index contributed by atoms with van der Waals surface area (Å²) in [4.78, 5) is 36.8. The maximum atomic E-state index is 12.4. The average Bonchev–Trinajstić information content (AvgIpc) is 2.96. The van der Waals surface area contributed by atoms with E-state index in [1.807, 2.05) is 0 Å². The van der Waals surface area contributed by atoms with Gasteiger partial charge in [0.15, 0.2) is 11.5 Å². The van der Waals surface area contributed by atoms with Crippen LogP contribution in [0.3, 0.4) is 0 Å². The Hall–Kier alpha value is -3.24. The van der Waals surface area contributed by atoms with Crippen LogP contribution in [0, 0.1) is 10.1 Å². The number of hydrogen-bond acceptors (Lipinski definition) is 8. The van der Waals surface area contributed by atoms with Gasteiger partial charge in [-0.1, -0.05) is 36.1 Å². The lowest BCUT2D eigenvalue weighted by molar-refractivity contribution is -0.384. The quantitative estimate of drug-likeness (QED) is 0.164. The van der Waals surface area contributed by atoms with Crippen LogP contribution in [0.5, 0.6) is 11.5 Å². The molecule has 0 radical (unpaired) electrons. The second-order valence-corrected chi connectivity index (χ2v) is 7.75. The van der Waals surface area contributed by atoms with Gasteiger partial charge in [-0.3, -0.25) is 19.8 Å². The number of nitro benzene ring substituents is 1. The highest BCUT2D eigenvalue weighted by atomic mass is 32.2. The Kier molecular flexibility index (Phi) is 6.48. The summed E-state index contributed by atoms with van der Waals surface area (Å²) in [6.45, 7) is 2.10. The highest BCUT2D eigenvalue weighted by Gasteiger charge is 2.28. The van der Waals surface area contributed by atoms with E-state index in [0.29, 0.717) is 27.1 Å². The number of esters is 1. The third kappa shape index (κ3) is 4.66. The minimum Gasteiger partial charge on any atom is -0.490 e. The zero-order valence-corrected chi connectivity index (χ0v) is 17.6. The summed E-state index contributed by atoms with van der Waals surface area (Å²) >= 11 is 6.32. The van der Waals surface area contributed by atoms with Crippen molar-refractivity contribution in [2.24, 2.45) is 0 Å². The molecule has 0 saturated carbocycles. The van der Waals surface area contributed by atoms with Gasteiger partial charge in [-0.05, 0) is 36.8 Å². The number of ether oxygens (including phenoxy) is 2. The summed E-state index contributed by atoms with van der Waals surface area (Å²) in [6.07, 6.45) is 1.68. The summed E-state index contributed by atoms with van der Waals surface area (Å²) in [7, 11) is 1.61. The van der Waals surface area contributed by atoms with Crippen molar-refractivity contribution in [1.29, 1.82) is 0 Å². The first-order chi connectivity index (χ1) is 14.3. The maximum absolute atomic E-state index is 12.4. The topological polar surface area (TPSA) is 99.0 Å². The van der Waals surface area contributed by atoms with Gasteiger partial charge in [0.2, 0.25) is 0 Å². The standard InChI is InChI=1S/C20H16N2O6S2/c1-3-27-16-9-12(10-17-18(23)21(2)20(29)30-17)7-8-15(16)28-19(24)13-5-4-6-14(11-13)22(25)26/h4-11H,3H2,1-2H3/b17-10-. The van der Waals surface area contributed by atoms with Crippen LogP contribution >= 0.6 is 24.0 Å². The van der Waals surface area contributed by atoms with E-state index in [0.717, 1.165) is 6.07 Å². The van der Waals surface area contributed by atoms with Gasteiger partial charge in [-0.15, -0.1) is 0 Å². The van der Waals surface area contributed by atoms with Crippen LogP contribution in [0.1, 0.15) is 22.8 Å². The summed E-state index contributed by atoms with van der Waals surface area (Å²) < 4.78 is 11.4. The first-order valence-corrected chi connectivity index (χ1v) is 9.97. The third-order valence-electron chi connectivity index (χ3n) is 4.05. The highest BCUT2D eigenvalue weighted by Crippen LogP contribution is 2.34. The Morgan fingerprint density at radius 3 is 2.67 bits per heavy atom. The first kappa shape index (κ1) is 21.5. The van der Waals surface area contributed by atoms with Crippen LogP contribution < -0.4 is 9.47 Å². The van der Waals surface area contributed by atoms with Crippen LogP contribution in [0.2, 0.25) is 0 Å². The fourth-order valence-electron chi connectivity index (χ4n) is 2.57. The van der Waals surface area contributed by atoms with Gasteiger partial charge in [0.1, 0.15) is 4.32 Å². The second-order valence-electron chi connectivity index (χ2n) is 6.08. The fourth-order valence-corrected chi connectivity index (χ4v) is 3.75. The smallest absolute Gasteiger partial charge is 0.343 e. The number of benzene rings is 2. The van der Waals surface area contributed by atoms with E-state index in [1.165, 1.54) is 34.9 Å². The SMILES string of the molecule is CCOc1cc(/C=C2\SC(=S)N(C)C2=O)ccc1OC(=O)c1cccc([N+](=O)[O-])c1. The Labute approximate surface area is 181 Å². The van der Waals surface area contributed by atoms with Gasteiger partial charge >= 0.3 is 5.97 Å². The lowest BCUT2D eigenvalue weighted by Crippen LogP contribution is -2.22. The Bertz CT molecular complexity index is 1080. The molecule has 1 aliphatic rings. The molecule has 10 heteroatoms. The molecule has 30 heavy (non-hydrogen) atoms. The number of rotatable bonds is 6. The number of thiocarbonyl (C=S) groups is 1. The number of thioether (sulfide) groups is 1. The van der Waals surface area contributed by atoms with Crippen molar-refractivity contribution in [3.63, 3.8) is 0 Å². The maximum Gasteiger partial charge on any atom is 0.343 e. The molecule has 2 aromatic carbocycles. The zero-order valence-electron chi connectivity index (χ0n) is 16.0. The van der Waals surface area contributed by atoms with E-state index in [-0.39, 0.29) is 22.9 Å². The molecule has 3 rings (SSSR count). The molecular weight excluding hydrogens is 428 g/mol. The third-order valence-corrected chi connectivity index (χ3v) is 5.53. The van der Waals surface area contributed by atoms with Crippen LogP contribution in [-0.4, -0.2) is 39.7 Å². The van der Waals surface area contributed by atoms with Crippen molar-refractivity contribution in [3.8, 4) is 11.5 Å². The zero-order chi connectivity index (χ0) is 21.8. The average molecular weight is 444 g/mol. The van der Waals surface area contributed by atoms with E-state index in [2.05, 4.69) is 0 Å². The summed E-state index contributed by atoms with van der Waals surface area (Å²) in [5.41, 5.74) is 0.503. The highest BCUT2D eigenvalue weighted by molar-refractivity contribution is 8.26. The van der Waals surface area contributed by atoms with E-state index in [1.54, 1.807) is 38.2 Å². The number of carbonyl (C=O) groups is 2. The molecule has 154 valence electrons. The minimum absolute atomic E-state index is 0.0438. The van der Waals surface area contributed by atoms with Gasteiger partial charge in [-0.2, -0.15) is 0 Å². The molecular formula is C20H16N2O6S2. The van der Waals surface area contributed by atoms with Gasteiger partial charge in [0, 0.05) is 19.2 Å². The molecule has 0 aromatic heterocycles. The summed E-state index contributed by atoms with van der Waals surface area (Å²) in [5, 5.41) is 10.9. The van der Waals surface area contributed by atoms with Crippen molar-refractivity contribution in [2.45, 2.75) is 6.92 Å². The molecule has 1 aliphatic heterocycles. The van der Waals surface area contributed by atoms with Gasteiger partial charge in [0.25, 0.3) is 11.6 Å². The molecule has 1 amide bonds. The normalized spacial score (nSPS) is 14.9.